The minimum Gasteiger partial charge on any atom is -0.759 e. The molecule has 1 rings (SSSR count). The summed E-state index contributed by atoms with van der Waals surface area (Å²) in [5, 5.41) is 10.2. The van der Waals surface area contributed by atoms with Crippen LogP contribution in [-0.4, -0.2) is 5.91 Å². The summed E-state index contributed by atoms with van der Waals surface area (Å²) >= 11 is 0. The molecule has 1 amide bonds. The summed E-state index contributed by atoms with van der Waals surface area (Å²) in [5.41, 5.74) is 4.65. The van der Waals surface area contributed by atoms with Crippen molar-refractivity contribution in [3.05, 3.63) is 39.6 Å². The van der Waals surface area contributed by atoms with Gasteiger partial charge in [-0.25, -0.2) is 0 Å². The Labute approximate surface area is 77.4 Å². The van der Waals surface area contributed by atoms with E-state index in [1.165, 1.54) is 5.48 Å². The third-order valence-corrected chi connectivity index (χ3v) is 2.00. The fourth-order valence-electron chi connectivity index (χ4n) is 1.59. The first-order valence-corrected chi connectivity index (χ1v) is 4.06. The first-order chi connectivity index (χ1) is 6.06. The minimum atomic E-state index is -0.560. The number of hydroxylamine groups is 1. The van der Waals surface area contributed by atoms with Gasteiger partial charge < -0.3 is 10.7 Å². The van der Waals surface area contributed by atoms with Crippen LogP contribution in [0.4, 0.5) is 0 Å². The van der Waals surface area contributed by atoms with E-state index in [2.05, 4.69) is 0 Å². The molecule has 0 saturated heterocycles. The Morgan fingerprint density at radius 2 is 1.69 bits per heavy atom. The van der Waals surface area contributed by atoms with Crippen LogP contribution in [0.25, 0.3) is 0 Å². The predicted octanol–water partition coefficient (Wildman–Crippen LogP) is 1.84. The molecular formula is C10H12NO2-. The van der Waals surface area contributed by atoms with E-state index in [4.69, 9.17) is 0 Å². The maximum Gasteiger partial charge on any atom is 0.241 e. The molecule has 1 aromatic carbocycles. The summed E-state index contributed by atoms with van der Waals surface area (Å²) in [6.07, 6.45) is 0. The molecule has 0 heterocycles. The lowest BCUT2D eigenvalue weighted by atomic mass is 9.99. The zero-order valence-corrected chi connectivity index (χ0v) is 7.97. The third kappa shape index (κ3) is 1.87. The Morgan fingerprint density at radius 3 is 2.08 bits per heavy atom. The normalized spacial score (nSPS) is 9.85. The van der Waals surface area contributed by atoms with Crippen LogP contribution in [0.5, 0.6) is 0 Å². The third-order valence-electron chi connectivity index (χ3n) is 2.00. The summed E-state index contributed by atoms with van der Waals surface area (Å²) in [6.45, 7) is 5.61. The average molecular weight is 178 g/mol. The number of amides is 1. The fourth-order valence-corrected chi connectivity index (χ4v) is 1.59. The van der Waals surface area contributed by atoms with Gasteiger partial charge in [0.25, 0.3) is 0 Å². The van der Waals surface area contributed by atoms with E-state index in [1.54, 1.807) is 0 Å². The quantitative estimate of drug-likeness (QED) is 0.667. The Balaban J connectivity index is 3.28. The zero-order valence-electron chi connectivity index (χ0n) is 7.97. The Morgan fingerprint density at radius 1 is 1.23 bits per heavy atom. The molecule has 13 heavy (non-hydrogen) atoms. The molecular weight excluding hydrogens is 166 g/mol. The van der Waals surface area contributed by atoms with Crippen LogP contribution >= 0.6 is 0 Å². The van der Waals surface area contributed by atoms with E-state index >= 15 is 0 Å². The molecule has 3 nitrogen and oxygen atoms in total. The predicted molar refractivity (Wildman–Crippen MR) is 51.5 cm³/mol. The maximum absolute atomic E-state index is 11.1. The van der Waals surface area contributed by atoms with E-state index < -0.39 is 5.91 Å². The highest BCUT2D eigenvalue weighted by molar-refractivity contribution is 5.97. The van der Waals surface area contributed by atoms with Crippen molar-refractivity contribution in [1.82, 2.24) is 5.48 Å². The lowest BCUT2D eigenvalue weighted by molar-refractivity contribution is 0.0969. The number of rotatable bonds is 1. The zero-order chi connectivity index (χ0) is 10.0. The van der Waals surface area contributed by atoms with Crippen LogP contribution in [-0.2, 0) is 0 Å². The minimum absolute atomic E-state index is 0.487. The summed E-state index contributed by atoms with van der Waals surface area (Å²) in [6, 6.07) is 3.77. The monoisotopic (exact) mass is 178 g/mol. The van der Waals surface area contributed by atoms with E-state index in [9.17, 15) is 10.0 Å². The lowest BCUT2D eigenvalue weighted by Gasteiger charge is -2.13. The highest BCUT2D eigenvalue weighted by atomic mass is 16.5. The second-order valence-corrected chi connectivity index (χ2v) is 3.20. The van der Waals surface area contributed by atoms with Crippen molar-refractivity contribution in [3.8, 4) is 0 Å². The number of nitrogens with one attached hydrogen (secondary N) is 1. The van der Waals surface area contributed by atoms with Gasteiger partial charge in [-0.05, 0) is 31.9 Å². The van der Waals surface area contributed by atoms with E-state index in [0.29, 0.717) is 5.56 Å². The van der Waals surface area contributed by atoms with Gasteiger partial charge in [0.15, 0.2) is 0 Å². The summed E-state index contributed by atoms with van der Waals surface area (Å²) in [7, 11) is 0. The topological polar surface area (TPSA) is 52.2 Å². The Kier molecular flexibility index (Phi) is 2.68. The van der Waals surface area contributed by atoms with Gasteiger partial charge >= 0.3 is 0 Å². The summed E-state index contributed by atoms with van der Waals surface area (Å²) < 4.78 is 0. The molecule has 0 atom stereocenters. The van der Waals surface area contributed by atoms with E-state index in [-0.39, 0.29) is 0 Å². The van der Waals surface area contributed by atoms with Crippen molar-refractivity contribution in [2.24, 2.45) is 0 Å². The fraction of sp³-hybridized carbons (Fsp3) is 0.300. The molecule has 3 heteroatoms. The van der Waals surface area contributed by atoms with Gasteiger partial charge in [-0.1, -0.05) is 17.7 Å². The van der Waals surface area contributed by atoms with Gasteiger partial charge in [0.1, 0.15) is 0 Å². The second-order valence-electron chi connectivity index (χ2n) is 3.20. The highest BCUT2D eigenvalue weighted by Crippen LogP contribution is 2.15. The smallest absolute Gasteiger partial charge is 0.241 e. The number of carbonyl (C=O) groups excluding carboxylic acids is 1. The van der Waals surface area contributed by atoms with E-state index in [1.807, 2.05) is 32.9 Å². The standard InChI is InChI=1S/C10H12NO2/c1-6-4-7(2)9(8(3)5-6)10(12)11-13/h4-5H,1-3H3,(H-,11,12,13)/q-1. The first-order valence-electron chi connectivity index (χ1n) is 4.06. The number of hydrogen-bond acceptors (Lipinski definition) is 2. The van der Waals surface area contributed by atoms with Crippen LogP contribution in [0.1, 0.15) is 27.0 Å². The van der Waals surface area contributed by atoms with Crippen LogP contribution in [0.15, 0.2) is 12.1 Å². The molecule has 0 aliphatic rings. The van der Waals surface area contributed by atoms with Gasteiger partial charge in [-0.2, -0.15) is 0 Å². The molecule has 0 radical (unpaired) electrons. The molecule has 0 saturated carbocycles. The van der Waals surface area contributed by atoms with E-state index in [0.717, 1.165) is 16.7 Å². The highest BCUT2D eigenvalue weighted by Gasteiger charge is 2.08. The van der Waals surface area contributed by atoms with Crippen LogP contribution < -0.4 is 5.48 Å². The van der Waals surface area contributed by atoms with Crippen molar-refractivity contribution >= 4 is 5.91 Å². The largest absolute Gasteiger partial charge is 0.759 e. The van der Waals surface area contributed by atoms with Gasteiger partial charge in [0.05, 0.1) is 0 Å². The molecule has 0 spiro atoms. The van der Waals surface area contributed by atoms with Crippen molar-refractivity contribution in [1.29, 1.82) is 0 Å². The molecule has 0 aliphatic heterocycles. The number of benzene rings is 1. The molecule has 0 fully saturated rings. The number of carbonyl (C=O) groups is 1. The first kappa shape index (κ1) is 9.74. The van der Waals surface area contributed by atoms with Crippen molar-refractivity contribution < 1.29 is 4.79 Å². The molecule has 0 bridgehead atoms. The van der Waals surface area contributed by atoms with Crippen LogP contribution in [0, 0.1) is 26.0 Å². The molecule has 1 aromatic rings. The molecule has 70 valence electrons. The Hall–Kier alpha value is -1.35. The molecule has 0 aliphatic carbocycles. The van der Waals surface area contributed by atoms with Crippen LogP contribution in [0.2, 0.25) is 0 Å². The van der Waals surface area contributed by atoms with Crippen molar-refractivity contribution in [2.45, 2.75) is 20.8 Å². The SMILES string of the molecule is Cc1cc(C)c(C(=O)N[O-])c(C)c1. The molecule has 1 N–H and O–H groups in total. The Bertz CT molecular complexity index is 322. The van der Waals surface area contributed by atoms with Gasteiger partial charge in [0, 0.05) is 5.56 Å². The van der Waals surface area contributed by atoms with Crippen molar-refractivity contribution in [2.75, 3.05) is 0 Å². The van der Waals surface area contributed by atoms with Crippen LogP contribution in [0.3, 0.4) is 0 Å². The lowest BCUT2D eigenvalue weighted by Crippen LogP contribution is -2.18. The summed E-state index contributed by atoms with van der Waals surface area (Å²) in [4.78, 5) is 11.1. The molecule has 0 aromatic heterocycles. The van der Waals surface area contributed by atoms with Gasteiger partial charge in [-0.3, -0.25) is 4.79 Å². The maximum atomic E-state index is 11.1. The second kappa shape index (κ2) is 3.58. The van der Waals surface area contributed by atoms with Crippen molar-refractivity contribution in [3.63, 3.8) is 0 Å². The average Bonchev–Trinajstić information content (AvgIpc) is 2.02. The molecule has 0 unspecified atom stereocenters. The number of aryl methyl sites for hydroxylation is 3. The summed E-state index contributed by atoms with van der Waals surface area (Å²) in [5.74, 6) is -0.560. The number of hydrogen-bond donors (Lipinski definition) is 1. The van der Waals surface area contributed by atoms with Gasteiger partial charge in [0.2, 0.25) is 5.91 Å². The van der Waals surface area contributed by atoms with Gasteiger partial charge in [-0.15, -0.1) is 0 Å².